The van der Waals surface area contributed by atoms with Crippen molar-refractivity contribution < 1.29 is 32.6 Å². The van der Waals surface area contributed by atoms with Crippen molar-refractivity contribution in [2.75, 3.05) is 30.4 Å². The summed E-state index contributed by atoms with van der Waals surface area (Å²) in [4.78, 5) is 51.1. The third-order valence-electron chi connectivity index (χ3n) is 6.06. The van der Waals surface area contributed by atoms with E-state index >= 15 is 0 Å². The highest BCUT2D eigenvalue weighted by Crippen LogP contribution is 2.27. The van der Waals surface area contributed by atoms with Crippen LogP contribution >= 0.6 is 0 Å². The molecular formula is C27H31F2N7O5. The number of rotatable bonds is 12. The number of likely N-dealkylation sites (N-methyl/N-ethyl adjacent to an activating group) is 1. The molecule has 0 radical (unpaired) electrons. The number of nitrogens with one attached hydrogen (secondary N) is 2. The van der Waals surface area contributed by atoms with E-state index in [1.54, 1.807) is 25.2 Å². The van der Waals surface area contributed by atoms with Crippen molar-refractivity contribution in [3.63, 3.8) is 0 Å². The summed E-state index contributed by atoms with van der Waals surface area (Å²) in [6.07, 6.45) is 1.44. The number of nitriles is 1. The smallest absolute Gasteiger partial charge is 0.417 e. The fourth-order valence-corrected chi connectivity index (χ4v) is 3.98. The van der Waals surface area contributed by atoms with E-state index in [1.165, 1.54) is 20.2 Å². The molecule has 2 amide bonds. The zero-order valence-corrected chi connectivity index (χ0v) is 23.2. The molecule has 14 heteroatoms. The number of aromatic amines is 1. The van der Waals surface area contributed by atoms with Gasteiger partial charge in [-0.05, 0) is 32.5 Å². The summed E-state index contributed by atoms with van der Waals surface area (Å²) >= 11 is 0. The fourth-order valence-electron chi connectivity index (χ4n) is 3.98. The van der Waals surface area contributed by atoms with Gasteiger partial charge in [0, 0.05) is 25.2 Å². The second-order valence-corrected chi connectivity index (χ2v) is 9.06. The molecule has 41 heavy (non-hydrogen) atoms. The first-order valence-corrected chi connectivity index (χ1v) is 12.9. The molecule has 0 aliphatic carbocycles. The van der Waals surface area contributed by atoms with E-state index in [0.717, 1.165) is 22.6 Å². The first-order valence-electron chi connectivity index (χ1n) is 12.9. The zero-order valence-electron chi connectivity index (χ0n) is 23.2. The molecule has 3 rings (SSSR count). The molecule has 3 aromatic rings. The van der Waals surface area contributed by atoms with Crippen LogP contribution in [0.2, 0.25) is 0 Å². The molecule has 1 atom stereocenters. The Hall–Kier alpha value is -4.64. The van der Waals surface area contributed by atoms with E-state index in [0.29, 0.717) is 18.1 Å². The van der Waals surface area contributed by atoms with Gasteiger partial charge in [-0.15, -0.1) is 0 Å². The number of amides is 2. The third-order valence-corrected chi connectivity index (χ3v) is 6.06. The topological polar surface area (TPSA) is 154 Å². The summed E-state index contributed by atoms with van der Waals surface area (Å²) in [7, 11) is 2.99. The van der Waals surface area contributed by atoms with Crippen molar-refractivity contribution in [1.82, 2.24) is 20.3 Å². The number of halogens is 2. The summed E-state index contributed by atoms with van der Waals surface area (Å²) in [5, 5.41) is 11.8. The van der Waals surface area contributed by atoms with E-state index in [1.807, 2.05) is 6.92 Å². The van der Waals surface area contributed by atoms with Gasteiger partial charge >= 0.3 is 12.1 Å². The molecular weight excluding hydrogens is 540 g/mol. The van der Waals surface area contributed by atoms with Crippen LogP contribution in [0.3, 0.4) is 0 Å². The van der Waals surface area contributed by atoms with Crippen LogP contribution < -0.4 is 15.1 Å². The Morgan fingerprint density at radius 2 is 2.02 bits per heavy atom. The van der Waals surface area contributed by atoms with Crippen molar-refractivity contribution >= 4 is 40.8 Å². The maximum atomic E-state index is 14.8. The Bertz CT molecular complexity index is 1460. The van der Waals surface area contributed by atoms with E-state index in [4.69, 9.17) is 14.7 Å². The summed E-state index contributed by atoms with van der Waals surface area (Å²) in [5.74, 6) is -3.09. The van der Waals surface area contributed by atoms with Gasteiger partial charge in [0.15, 0.2) is 17.9 Å². The molecule has 0 spiro atoms. The standard InChI is InChI=1S/C27H31F2N7O5/c1-5-6-7-10-20(37)36(26-33-23-19(28)12-18(13-30)22(29)24(23)34-26)16(2)41-27(39)35(4)25-17(9-8-11-32-25)15-40-21(38)14-31-3/h8-9,11-12,16,31H,5-7,10,14-15H2,1-4H3,(H,33,34). The number of unbranched alkanes of at least 4 members (excludes halogenated alkanes) is 2. The van der Waals surface area contributed by atoms with Gasteiger partial charge in [-0.3, -0.25) is 14.5 Å². The minimum absolute atomic E-state index is 0.000520. The molecule has 0 bridgehead atoms. The van der Waals surface area contributed by atoms with Crippen LogP contribution in [0.5, 0.6) is 0 Å². The first-order chi connectivity index (χ1) is 19.6. The number of nitrogens with zero attached hydrogens (tertiary/aromatic N) is 5. The number of imidazole rings is 1. The third kappa shape index (κ3) is 7.31. The zero-order chi connectivity index (χ0) is 30.1. The Balaban J connectivity index is 1.89. The van der Waals surface area contributed by atoms with Crippen molar-refractivity contribution in [2.45, 2.75) is 52.4 Å². The van der Waals surface area contributed by atoms with Gasteiger partial charge in [-0.2, -0.15) is 5.26 Å². The van der Waals surface area contributed by atoms with Crippen LogP contribution in [0.15, 0.2) is 24.4 Å². The van der Waals surface area contributed by atoms with E-state index < -0.39 is 52.4 Å². The largest absolute Gasteiger partial charge is 0.460 e. The predicted octanol–water partition coefficient (Wildman–Crippen LogP) is 3.90. The lowest BCUT2D eigenvalue weighted by atomic mass is 10.2. The van der Waals surface area contributed by atoms with Gasteiger partial charge < -0.3 is 19.8 Å². The predicted molar refractivity (Wildman–Crippen MR) is 145 cm³/mol. The minimum Gasteiger partial charge on any atom is -0.460 e. The number of benzene rings is 1. The monoisotopic (exact) mass is 571 g/mol. The van der Waals surface area contributed by atoms with Crippen molar-refractivity contribution in [1.29, 1.82) is 5.26 Å². The average Bonchev–Trinajstić information content (AvgIpc) is 3.39. The highest BCUT2D eigenvalue weighted by atomic mass is 19.1. The highest BCUT2D eigenvalue weighted by Gasteiger charge is 2.30. The molecule has 0 aliphatic rings. The van der Waals surface area contributed by atoms with Crippen LogP contribution in [0.25, 0.3) is 11.0 Å². The molecule has 218 valence electrons. The molecule has 12 nitrogen and oxygen atoms in total. The van der Waals surface area contributed by atoms with Crippen LogP contribution in [0.4, 0.5) is 25.3 Å². The number of carbonyl (C=O) groups excluding carboxylic acids is 3. The van der Waals surface area contributed by atoms with Gasteiger partial charge in [0.2, 0.25) is 11.9 Å². The number of anilines is 2. The summed E-state index contributed by atoms with van der Waals surface area (Å²) in [5.41, 5.74) is -0.919. The highest BCUT2D eigenvalue weighted by molar-refractivity contribution is 5.95. The summed E-state index contributed by atoms with van der Waals surface area (Å²) in [6.45, 7) is 3.22. The first kappa shape index (κ1) is 30.9. The van der Waals surface area contributed by atoms with Crippen molar-refractivity contribution in [3.05, 3.63) is 47.2 Å². The minimum atomic E-state index is -1.28. The second kappa shape index (κ2) is 14.1. The van der Waals surface area contributed by atoms with E-state index in [9.17, 15) is 23.2 Å². The molecule has 0 fully saturated rings. The average molecular weight is 572 g/mol. The van der Waals surface area contributed by atoms with Crippen LogP contribution in [-0.2, 0) is 25.7 Å². The lowest BCUT2D eigenvalue weighted by Gasteiger charge is -2.28. The Kier molecular flexibility index (Phi) is 10.6. The maximum Gasteiger partial charge on any atom is 0.417 e. The lowest BCUT2D eigenvalue weighted by molar-refractivity contribution is -0.143. The molecule has 1 aromatic carbocycles. The van der Waals surface area contributed by atoms with E-state index in [2.05, 4.69) is 20.3 Å². The van der Waals surface area contributed by atoms with E-state index in [-0.39, 0.29) is 31.3 Å². The molecule has 2 N–H and O–H groups in total. The molecule has 2 heterocycles. The van der Waals surface area contributed by atoms with Gasteiger partial charge in [0.05, 0.1) is 12.1 Å². The van der Waals surface area contributed by atoms with Crippen molar-refractivity contribution in [2.24, 2.45) is 0 Å². The number of ether oxygens (including phenoxy) is 2. The number of aromatic nitrogens is 3. The van der Waals surface area contributed by atoms with Crippen LogP contribution in [0.1, 0.15) is 50.7 Å². The number of pyridine rings is 1. The van der Waals surface area contributed by atoms with Gasteiger partial charge in [0.1, 0.15) is 29.5 Å². The van der Waals surface area contributed by atoms with Gasteiger partial charge in [-0.1, -0.05) is 25.8 Å². The number of hydrogen-bond acceptors (Lipinski definition) is 9. The number of hydrogen-bond donors (Lipinski definition) is 2. The normalized spacial score (nSPS) is 11.5. The molecule has 0 aliphatic heterocycles. The number of H-pyrrole nitrogens is 1. The molecule has 0 saturated carbocycles. The Morgan fingerprint density at radius 1 is 1.27 bits per heavy atom. The van der Waals surface area contributed by atoms with Crippen LogP contribution in [-0.4, -0.2) is 59.8 Å². The Morgan fingerprint density at radius 3 is 2.71 bits per heavy atom. The second-order valence-electron chi connectivity index (χ2n) is 9.06. The Labute approximate surface area is 235 Å². The quantitative estimate of drug-likeness (QED) is 0.187. The van der Waals surface area contributed by atoms with Crippen molar-refractivity contribution in [3.8, 4) is 6.07 Å². The lowest BCUT2D eigenvalue weighted by Crippen LogP contribution is -2.44. The summed E-state index contributed by atoms with van der Waals surface area (Å²) in [6, 6.07) is 5.52. The molecule has 0 saturated heterocycles. The fraction of sp³-hybridized carbons (Fsp3) is 0.407. The molecule has 2 aromatic heterocycles. The van der Waals surface area contributed by atoms with Crippen LogP contribution in [0, 0.1) is 23.0 Å². The number of fused-ring (bicyclic) bond motifs is 1. The SMILES string of the molecule is CCCCCC(=O)N(c1nc2c(F)cc(C#N)c(F)c2[nH]1)C(C)OC(=O)N(C)c1ncccc1COC(=O)CNC. The number of esters is 1. The maximum absolute atomic E-state index is 14.8. The summed E-state index contributed by atoms with van der Waals surface area (Å²) < 4.78 is 40.1. The molecule has 1 unspecified atom stereocenters. The number of carbonyl (C=O) groups is 3. The van der Waals surface area contributed by atoms with Gasteiger partial charge in [0.25, 0.3) is 0 Å². The van der Waals surface area contributed by atoms with Gasteiger partial charge in [-0.25, -0.2) is 28.4 Å².